The molecule has 0 aromatic heterocycles. The minimum atomic E-state index is 0.231. The first-order valence-corrected chi connectivity index (χ1v) is 8.94. The molecular formula is C17H19Cl2NS. The van der Waals surface area contributed by atoms with Gasteiger partial charge in [-0.05, 0) is 54.6 Å². The topological polar surface area (TPSA) is 12.0 Å². The van der Waals surface area contributed by atoms with Crippen molar-refractivity contribution in [1.82, 2.24) is 5.32 Å². The maximum atomic E-state index is 6.31. The quantitative estimate of drug-likeness (QED) is 0.686. The van der Waals surface area contributed by atoms with E-state index in [1.165, 1.54) is 10.5 Å². The lowest BCUT2D eigenvalue weighted by Crippen LogP contribution is -2.23. The fourth-order valence-corrected chi connectivity index (χ4v) is 3.46. The molecule has 0 heterocycles. The van der Waals surface area contributed by atoms with Crippen LogP contribution in [0.4, 0.5) is 0 Å². The summed E-state index contributed by atoms with van der Waals surface area (Å²) >= 11 is 14.2. The third kappa shape index (κ3) is 4.40. The smallest absolute Gasteiger partial charge is 0.0439 e. The Bertz CT molecular complexity index is 601. The molecule has 2 aromatic rings. The molecule has 0 aliphatic rings. The van der Waals surface area contributed by atoms with E-state index in [0.29, 0.717) is 0 Å². The molecule has 112 valence electrons. The number of nitrogens with one attached hydrogen (secondary N) is 1. The summed E-state index contributed by atoms with van der Waals surface area (Å²) in [4.78, 5) is 1.29. The van der Waals surface area contributed by atoms with Crippen LogP contribution in [0.15, 0.2) is 47.4 Å². The molecule has 0 saturated carbocycles. The van der Waals surface area contributed by atoms with Gasteiger partial charge in [-0.1, -0.05) is 48.3 Å². The number of likely N-dealkylation sites (N-methyl/N-ethyl adjacent to an activating group) is 1. The van der Waals surface area contributed by atoms with Crippen molar-refractivity contribution in [3.05, 3.63) is 63.6 Å². The van der Waals surface area contributed by atoms with Gasteiger partial charge in [0.2, 0.25) is 0 Å². The Morgan fingerprint density at radius 2 is 1.90 bits per heavy atom. The fourth-order valence-electron chi connectivity index (χ4n) is 2.41. The first kappa shape index (κ1) is 16.7. The van der Waals surface area contributed by atoms with Gasteiger partial charge in [-0.2, -0.15) is 0 Å². The van der Waals surface area contributed by atoms with Crippen LogP contribution in [0.25, 0.3) is 0 Å². The summed E-state index contributed by atoms with van der Waals surface area (Å²) < 4.78 is 0. The van der Waals surface area contributed by atoms with E-state index in [-0.39, 0.29) is 6.04 Å². The molecule has 0 saturated heterocycles. The highest BCUT2D eigenvalue weighted by Crippen LogP contribution is 2.30. The zero-order chi connectivity index (χ0) is 15.2. The summed E-state index contributed by atoms with van der Waals surface area (Å²) in [5, 5.41) is 5.05. The Hall–Kier alpha value is -0.670. The lowest BCUT2D eigenvalue weighted by atomic mass is 9.98. The van der Waals surface area contributed by atoms with Crippen molar-refractivity contribution in [2.75, 3.05) is 12.8 Å². The molecule has 4 heteroatoms. The number of hydrogen-bond acceptors (Lipinski definition) is 2. The van der Waals surface area contributed by atoms with Crippen LogP contribution in [0.1, 0.15) is 24.1 Å². The Labute approximate surface area is 141 Å². The Morgan fingerprint density at radius 1 is 1.14 bits per heavy atom. The third-order valence-electron chi connectivity index (χ3n) is 3.40. The highest BCUT2D eigenvalue weighted by atomic mass is 35.5. The van der Waals surface area contributed by atoms with Crippen molar-refractivity contribution in [2.45, 2.75) is 24.3 Å². The zero-order valence-corrected chi connectivity index (χ0v) is 14.5. The lowest BCUT2D eigenvalue weighted by Gasteiger charge is -2.21. The van der Waals surface area contributed by atoms with E-state index in [0.717, 1.165) is 28.6 Å². The summed E-state index contributed by atoms with van der Waals surface area (Å²) in [6, 6.07) is 14.4. The van der Waals surface area contributed by atoms with Crippen LogP contribution in [0, 0.1) is 0 Å². The molecule has 2 rings (SSSR count). The van der Waals surface area contributed by atoms with Crippen LogP contribution < -0.4 is 5.32 Å². The van der Waals surface area contributed by atoms with Crippen LogP contribution in [0.2, 0.25) is 10.0 Å². The summed E-state index contributed by atoms with van der Waals surface area (Å²) in [6.45, 7) is 3.03. The fraction of sp³-hybridized carbons (Fsp3) is 0.294. The predicted molar refractivity (Wildman–Crippen MR) is 94.8 cm³/mol. The van der Waals surface area contributed by atoms with Crippen LogP contribution in [0.5, 0.6) is 0 Å². The van der Waals surface area contributed by atoms with Gasteiger partial charge in [0.1, 0.15) is 0 Å². The van der Waals surface area contributed by atoms with E-state index < -0.39 is 0 Å². The molecule has 0 aliphatic heterocycles. The van der Waals surface area contributed by atoms with Gasteiger partial charge in [0.05, 0.1) is 0 Å². The molecule has 1 nitrogen and oxygen atoms in total. The summed E-state index contributed by atoms with van der Waals surface area (Å²) in [7, 11) is 0. The van der Waals surface area contributed by atoms with E-state index >= 15 is 0 Å². The van der Waals surface area contributed by atoms with Gasteiger partial charge >= 0.3 is 0 Å². The van der Waals surface area contributed by atoms with Crippen molar-refractivity contribution in [3.8, 4) is 0 Å². The zero-order valence-electron chi connectivity index (χ0n) is 12.2. The molecule has 0 amide bonds. The number of halogens is 2. The number of benzene rings is 2. The van der Waals surface area contributed by atoms with Crippen molar-refractivity contribution >= 4 is 35.0 Å². The maximum Gasteiger partial charge on any atom is 0.0439 e. The number of hydrogen-bond donors (Lipinski definition) is 1. The van der Waals surface area contributed by atoms with E-state index in [1.807, 2.05) is 18.2 Å². The van der Waals surface area contributed by atoms with Crippen LogP contribution in [-0.4, -0.2) is 12.8 Å². The standard InChI is InChI=1S/C17H19Cl2NS/c1-3-20-16(14-6-4-5-7-17(14)21-2)11-12-10-13(18)8-9-15(12)19/h4-10,16,20H,3,11H2,1-2H3. The van der Waals surface area contributed by atoms with Crippen LogP contribution in [-0.2, 0) is 6.42 Å². The molecule has 0 radical (unpaired) electrons. The first-order chi connectivity index (χ1) is 10.2. The summed E-state index contributed by atoms with van der Waals surface area (Å²) in [5.74, 6) is 0. The maximum absolute atomic E-state index is 6.31. The minimum Gasteiger partial charge on any atom is -0.310 e. The highest BCUT2D eigenvalue weighted by molar-refractivity contribution is 7.98. The van der Waals surface area contributed by atoms with E-state index in [1.54, 1.807) is 11.8 Å². The molecule has 2 aromatic carbocycles. The largest absolute Gasteiger partial charge is 0.310 e. The number of rotatable bonds is 6. The molecular weight excluding hydrogens is 321 g/mol. The normalized spacial score (nSPS) is 12.4. The Balaban J connectivity index is 2.33. The molecule has 1 atom stereocenters. The molecule has 1 unspecified atom stereocenters. The molecule has 0 bridgehead atoms. The van der Waals surface area contributed by atoms with Gasteiger partial charge in [-0.25, -0.2) is 0 Å². The van der Waals surface area contributed by atoms with Crippen molar-refractivity contribution in [3.63, 3.8) is 0 Å². The van der Waals surface area contributed by atoms with E-state index in [4.69, 9.17) is 23.2 Å². The Morgan fingerprint density at radius 3 is 2.62 bits per heavy atom. The lowest BCUT2D eigenvalue weighted by molar-refractivity contribution is 0.542. The second-order valence-corrected chi connectivity index (χ2v) is 6.48. The predicted octanol–water partition coefficient (Wildman–Crippen LogP) is 5.61. The van der Waals surface area contributed by atoms with Gasteiger partial charge in [-0.15, -0.1) is 11.8 Å². The summed E-state index contributed by atoms with van der Waals surface area (Å²) in [6.07, 6.45) is 2.93. The highest BCUT2D eigenvalue weighted by Gasteiger charge is 2.16. The van der Waals surface area contributed by atoms with Crippen molar-refractivity contribution < 1.29 is 0 Å². The Kier molecular flexibility index (Phi) is 6.43. The van der Waals surface area contributed by atoms with Gasteiger partial charge in [0.15, 0.2) is 0 Å². The van der Waals surface area contributed by atoms with Gasteiger partial charge in [0.25, 0.3) is 0 Å². The van der Waals surface area contributed by atoms with Crippen LogP contribution >= 0.6 is 35.0 Å². The van der Waals surface area contributed by atoms with Gasteiger partial charge in [0, 0.05) is 21.0 Å². The van der Waals surface area contributed by atoms with E-state index in [2.05, 4.69) is 42.8 Å². The third-order valence-corrected chi connectivity index (χ3v) is 4.81. The average Bonchev–Trinajstić information content (AvgIpc) is 2.50. The number of thioether (sulfide) groups is 1. The summed E-state index contributed by atoms with van der Waals surface area (Å²) in [5.41, 5.74) is 2.38. The molecule has 0 fully saturated rings. The van der Waals surface area contributed by atoms with Gasteiger partial charge < -0.3 is 5.32 Å². The first-order valence-electron chi connectivity index (χ1n) is 6.96. The molecule has 1 N–H and O–H groups in total. The second-order valence-electron chi connectivity index (χ2n) is 4.79. The molecule has 0 spiro atoms. The van der Waals surface area contributed by atoms with Crippen molar-refractivity contribution in [1.29, 1.82) is 0 Å². The molecule has 21 heavy (non-hydrogen) atoms. The second kappa shape index (κ2) is 8.09. The van der Waals surface area contributed by atoms with E-state index in [9.17, 15) is 0 Å². The minimum absolute atomic E-state index is 0.231. The van der Waals surface area contributed by atoms with Crippen LogP contribution in [0.3, 0.4) is 0 Å². The monoisotopic (exact) mass is 339 g/mol. The van der Waals surface area contributed by atoms with Gasteiger partial charge in [-0.3, -0.25) is 0 Å². The average molecular weight is 340 g/mol. The molecule has 0 aliphatic carbocycles. The van der Waals surface area contributed by atoms with Crippen molar-refractivity contribution in [2.24, 2.45) is 0 Å². The SMILES string of the molecule is CCNC(Cc1cc(Cl)ccc1Cl)c1ccccc1SC.